The summed E-state index contributed by atoms with van der Waals surface area (Å²) in [6.07, 6.45) is 0.526. The summed E-state index contributed by atoms with van der Waals surface area (Å²) in [5.41, 5.74) is 6.40. The van der Waals surface area contributed by atoms with Crippen molar-refractivity contribution in [3.63, 3.8) is 0 Å². The Morgan fingerprint density at radius 3 is 2.67 bits per heavy atom. The van der Waals surface area contributed by atoms with Crippen LogP contribution in [0.4, 0.5) is 5.69 Å². The summed E-state index contributed by atoms with van der Waals surface area (Å²) >= 11 is 5.95. The van der Waals surface area contributed by atoms with Crippen molar-refractivity contribution in [1.82, 2.24) is 5.32 Å². The molecule has 0 saturated heterocycles. The van der Waals surface area contributed by atoms with E-state index in [0.717, 1.165) is 0 Å². The van der Waals surface area contributed by atoms with Crippen LogP contribution >= 0.6 is 11.6 Å². The van der Waals surface area contributed by atoms with Crippen LogP contribution in [-0.4, -0.2) is 24.9 Å². The maximum absolute atomic E-state index is 11.7. The summed E-state index contributed by atoms with van der Waals surface area (Å²) in [6.45, 7) is 1.81. The van der Waals surface area contributed by atoms with E-state index in [0.29, 0.717) is 22.7 Å². The van der Waals surface area contributed by atoms with Gasteiger partial charge >= 0.3 is 0 Å². The molecule has 98 valence electrons. The van der Waals surface area contributed by atoms with Gasteiger partial charge in [-0.25, -0.2) is 0 Å². The number of benzene rings is 1. The van der Waals surface area contributed by atoms with Crippen LogP contribution in [0.25, 0.3) is 0 Å². The molecule has 1 atom stereocenters. The van der Waals surface area contributed by atoms with Gasteiger partial charge < -0.3 is 16.4 Å². The summed E-state index contributed by atoms with van der Waals surface area (Å²) in [6, 6.07) is 4.06. The molecule has 0 bridgehead atoms. The first-order valence-corrected chi connectivity index (χ1v) is 5.95. The topological polar surface area (TPSA) is 84.2 Å². The zero-order chi connectivity index (χ0) is 13.7. The van der Waals surface area contributed by atoms with E-state index in [9.17, 15) is 9.59 Å². The van der Waals surface area contributed by atoms with E-state index >= 15 is 0 Å². The van der Waals surface area contributed by atoms with Crippen molar-refractivity contribution in [2.75, 3.05) is 12.4 Å². The smallest absolute Gasteiger partial charge is 0.251 e. The van der Waals surface area contributed by atoms with Crippen LogP contribution < -0.4 is 16.4 Å². The molecule has 0 heterocycles. The minimum Gasteiger partial charge on any atom is -0.355 e. The van der Waals surface area contributed by atoms with Gasteiger partial charge in [-0.15, -0.1) is 0 Å². The van der Waals surface area contributed by atoms with E-state index in [1.165, 1.54) is 13.1 Å². The van der Waals surface area contributed by atoms with Crippen LogP contribution in [0.5, 0.6) is 0 Å². The van der Waals surface area contributed by atoms with Crippen molar-refractivity contribution in [3.05, 3.63) is 28.8 Å². The van der Waals surface area contributed by atoms with Crippen LogP contribution in [0.2, 0.25) is 5.02 Å². The Hall–Kier alpha value is -1.59. The fourth-order valence-corrected chi connectivity index (χ4v) is 1.48. The average molecular weight is 270 g/mol. The van der Waals surface area contributed by atoms with E-state index in [2.05, 4.69) is 10.6 Å². The Labute approximate surface area is 111 Å². The molecular weight excluding hydrogens is 254 g/mol. The number of rotatable bonds is 4. The van der Waals surface area contributed by atoms with Crippen LogP contribution in [0, 0.1) is 0 Å². The fourth-order valence-electron chi connectivity index (χ4n) is 1.32. The van der Waals surface area contributed by atoms with Crippen molar-refractivity contribution in [1.29, 1.82) is 0 Å². The fraction of sp³-hybridized carbons (Fsp3) is 0.333. The zero-order valence-electron chi connectivity index (χ0n) is 10.3. The molecule has 5 nitrogen and oxygen atoms in total. The highest BCUT2D eigenvalue weighted by Gasteiger charge is 2.14. The van der Waals surface area contributed by atoms with E-state index in [4.69, 9.17) is 17.3 Å². The lowest BCUT2D eigenvalue weighted by atomic mass is 10.1. The summed E-state index contributed by atoms with van der Waals surface area (Å²) < 4.78 is 0. The molecule has 1 aromatic carbocycles. The third-order valence-electron chi connectivity index (χ3n) is 2.49. The van der Waals surface area contributed by atoms with Crippen LogP contribution in [0.1, 0.15) is 23.7 Å². The molecule has 18 heavy (non-hydrogen) atoms. The van der Waals surface area contributed by atoms with E-state index < -0.39 is 6.04 Å². The zero-order valence-corrected chi connectivity index (χ0v) is 11.0. The molecule has 1 unspecified atom stereocenters. The second kappa shape index (κ2) is 6.37. The van der Waals surface area contributed by atoms with Crippen LogP contribution in [0.3, 0.4) is 0 Å². The Balaban J connectivity index is 2.94. The standard InChI is InChI=1S/C12H16ClN3O2/c1-3-9(14)12(18)16-10-6-7(11(17)15-2)4-5-8(10)13/h4-6,9H,3,14H2,1-2H3,(H,15,17)(H,16,18). The number of nitrogens with one attached hydrogen (secondary N) is 2. The number of carbonyl (C=O) groups excluding carboxylic acids is 2. The summed E-state index contributed by atoms with van der Waals surface area (Å²) in [5.74, 6) is -0.574. The second-order valence-corrected chi connectivity index (χ2v) is 4.18. The van der Waals surface area contributed by atoms with Crippen LogP contribution in [-0.2, 0) is 4.79 Å². The minimum atomic E-state index is -0.593. The van der Waals surface area contributed by atoms with E-state index in [1.807, 2.05) is 6.92 Å². The molecule has 0 spiro atoms. The quantitative estimate of drug-likeness (QED) is 0.772. The Morgan fingerprint density at radius 1 is 1.44 bits per heavy atom. The molecule has 2 amide bonds. The largest absolute Gasteiger partial charge is 0.355 e. The lowest BCUT2D eigenvalue weighted by Gasteiger charge is -2.12. The van der Waals surface area contributed by atoms with Gasteiger partial charge in [-0.05, 0) is 24.6 Å². The SMILES string of the molecule is CCC(N)C(=O)Nc1cc(C(=O)NC)ccc1Cl. The van der Waals surface area contributed by atoms with Crippen LogP contribution in [0.15, 0.2) is 18.2 Å². The summed E-state index contributed by atoms with van der Waals surface area (Å²) in [4.78, 5) is 23.1. The first-order valence-electron chi connectivity index (χ1n) is 5.57. The second-order valence-electron chi connectivity index (χ2n) is 3.78. The molecule has 0 aliphatic carbocycles. The van der Waals surface area contributed by atoms with Crippen molar-refractivity contribution in [2.24, 2.45) is 5.73 Å². The van der Waals surface area contributed by atoms with Crippen molar-refractivity contribution >= 4 is 29.1 Å². The highest BCUT2D eigenvalue weighted by molar-refractivity contribution is 6.34. The Kier molecular flexibility index (Phi) is 5.12. The Morgan fingerprint density at radius 2 is 2.11 bits per heavy atom. The van der Waals surface area contributed by atoms with Gasteiger partial charge in [0.05, 0.1) is 16.8 Å². The van der Waals surface area contributed by atoms with Gasteiger partial charge in [-0.3, -0.25) is 9.59 Å². The first-order chi connectivity index (χ1) is 8.49. The minimum absolute atomic E-state index is 0.248. The normalized spacial score (nSPS) is 11.8. The first kappa shape index (κ1) is 14.5. The lowest BCUT2D eigenvalue weighted by Crippen LogP contribution is -2.35. The molecule has 0 fully saturated rings. The summed E-state index contributed by atoms with van der Waals surface area (Å²) in [5, 5.41) is 5.46. The molecule has 4 N–H and O–H groups in total. The highest BCUT2D eigenvalue weighted by atomic mass is 35.5. The van der Waals surface area contributed by atoms with E-state index in [-0.39, 0.29) is 11.8 Å². The molecule has 1 rings (SSSR count). The maximum Gasteiger partial charge on any atom is 0.251 e. The van der Waals surface area contributed by atoms with Crippen molar-refractivity contribution in [3.8, 4) is 0 Å². The molecular formula is C12H16ClN3O2. The van der Waals surface area contributed by atoms with Crippen molar-refractivity contribution < 1.29 is 9.59 Å². The monoisotopic (exact) mass is 269 g/mol. The molecule has 0 radical (unpaired) electrons. The van der Waals surface area contributed by atoms with Gasteiger partial charge in [-0.2, -0.15) is 0 Å². The van der Waals surface area contributed by atoms with Gasteiger partial charge in [-0.1, -0.05) is 18.5 Å². The number of halogens is 1. The third-order valence-corrected chi connectivity index (χ3v) is 2.82. The number of carbonyl (C=O) groups is 2. The van der Waals surface area contributed by atoms with Gasteiger partial charge in [0.25, 0.3) is 5.91 Å². The maximum atomic E-state index is 11.7. The van der Waals surface area contributed by atoms with Gasteiger partial charge in [0.1, 0.15) is 0 Å². The van der Waals surface area contributed by atoms with Gasteiger partial charge in [0, 0.05) is 12.6 Å². The van der Waals surface area contributed by atoms with Crippen molar-refractivity contribution in [2.45, 2.75) is 19.4 Å². The predicted octanol–water partition coefficient (Wildman–Crippen LogP) is 1.38. The van der Waals surface area contributed by atoms with E-state index in [1.54, 1.807) is 12.1 Å². The highest BCUT2D eigenvalue weighted by Crippen LogP contribution is 2.23. The third kappa shape index (κ3) is 3.45. The molecule has 1 aromatic rings. The number of anilines is 1. The summed E-state index contributed by atoms with van der Waals surface area (Å²) in [7, 11) is 1.53. The molecule has 0 aliphatic heterocycles. The average Bonchev–Trinajstić information content (AvgIpc) is 2.39. The number of hydrogen-bond donors (Lipinski definition) is 3. The number of hydrogen-bond acceptors (Lipinski definition) is 3. The molecule has 0 aliphatic rings. The predicted molar refractivity (Wildman–Crippen MR) is 71.7 cm³/mol. The Bertz CT molecular complexity index is 463. The molecule has 0 saturated carbocycles. The lowest BCUT2D eigenvalue weighted by molar-refractivity contribution is -0.117. The van der Waals surface area contributed by atoms with Gasteiger partial charge in [0.15, 0.2) is 0 Å². The molecule has 0 aromatic heterocycles. The molecule has 6 heteroatoms. The number of nitrogens with two attached hydrogens (primary N) is 1. The van der Waals surface area contributed by atoms with Gasteiger partial charge in [0.2, 0.25) is 5.91 Å². The number of amides is 2.